The van der Waals surface area contributed by atoms with E-state index in [1.165, 1.54) is 0 Å². The van der Waals surface area contributed by atoms with Gasteiger partial charge < -0.3 is 24.3 Å². The third-order valence-electron chi connectivity index (χ3n) is 6.11. The molecule has 204 valence electrons. The highest BCUT2D eigenvalue weighted by atomic mass is 16.6. The Labute approximate surface area is 216 Å². The molecule has 9 heteroatoms. The zero-order chi connectivity index (χ0) is 26.9. The Balaban J connectivity index is 2.02. The van der Waals surface area contributed by atoms with Crippen LogP contribution in [0.1, 0.15) is 71.7 Å². The maximum Gasteiger partial charge on any atom is 0.422 e. The number of para-hydroxylation sites is 1. The average molecular weight is 508 g/mol. The summed E-state index contributed by atoms with van der Waals surface area (Å²) in [6.45, 7) is 15.6. The van der Waals surface area contributed by atoms with Crippen LogP contribution in [0.15, 0.2) is 24.3 Å². The SMILES string of the molecule is COCCCOc1ccccc1C(=O)NC[C@@H](C[C@H]1COC(C)(C)N1NC(=O)OC(C)(C)C)C(C)C. The van der Waals surface area contributed by atoms with Crippen molar-refractivity contribution in [3.63, 3.8) is 0 Å². The van der Waals surface area contributed by atoms with Crippen LogP contribution < -0.4 is 15.5 Å². The monoisotopic (exact) mass is 507 g/mol. The molecule has 0 saturated carbocycles. The second-order valence-electron chi connectivity index (χ2n) is 11.0. The summed E-state index contributed by atoms with van der Waals surface area (Å²) in [5.74, 6) is 0.854. The zero-order valence-electron chi connectivity index (χ0n) is 23.2. The van der Waals surface area contributed by atoms with Crippen molar-refractivity contribution < 1.29 is 28.5 Å². The number of benzene rings is 1. The molecule has 2 amide bonds. The number of methoxy groups -OCH3 is 1. The van der Waals surface area contributed by atoms with Crippen molar-refractivity contribution in [3.8, 4) is 5.75 Å². The van der Waals surface area contributed by atoms with Gasteiger partial charge in [-0.05, 0) is 65.0 Å². The fourth-order valence-corrected chi connectivity index (χ4v) is 4.11. The van der Waals surface area contributed by atoms with Crippen LogP contribution in [0.25, 0.3) is 0 Å². The molecule has 2 atom stereocenters. The molecule has 1 aromatic carbocycles. The number of nitrogens with one attached hydrogen (secondary N) is 2. The Morgan fingerprint density at radius 1 is 1.19 bits per heavy atom. The molecule has 2 rings (SSSR count). The van der Waals surface area contributed by atoms with Crippen molar-refractivity contribution in [1.29, 1.82) is 0 Å². The van der Waals surface area contributed by atoms with E-state index in [1.807, 2.05) is 51.8 Å². The number of nitrogens with zero attached hydrogens (tertiary/aromatic N) is 1. The number of carbonyl (C=O) groups excluding carboxylic acids is 2. The van der Waals surface area contributed by atoms with Crippen LogP contribution in [-0.4, -0.2) is 67.9 Å². The van der Waals surface area contributed by atoms with Crippen LogP contribution in [0.5, 0.6) is 5.75 Å². The molecule has 1 aliphatic heterocycles. The summed E-state index contributed by atoms with van der Waals surface area (Å²) in [5.41, 5.74) is 2.12. The van der Waals surface area contributed by atoms with Gasteiger partial charge in [0, 0.05) is 26.7 Å². The smallest absolute Gasteiger partial charge is 0.422 e. The van der Waals surface area contributed by atoms with Crippen molar-refractivity contribution in [2.24, 2.45) is 11.8 Å². The highest BCUT2D eigenvalue weighted by Gasteiger charge is 2.43. The molecule has 36 heavy (non-hydrogen) atoms. The van der Waals surface area contributed by atoms with Gasteiger partial charge in [-0.25, -0.2) is 4.79 Å². The molecule has 1 aliphatic rings. The normalized spacial score (nSPS) is 18.6. The number of ether oxygens (including phenoxy) is 4. The van der Waals surface area contributed by atoms with Crippen molar-refractivity contribution in [3.05, 3.63) is 29.8 Å². The predicted octanol–water partition coefficient (Wildman–Crippen LogP) is 4.37. The number of rotatable bonds is 12. The van der Waals surface area contributed by atoms with Crippen molar-refractivity contribution in [2.75, 3.05) is 33.5 Å². The molecule has 0 aliphatic carbocycles. The van der Waals surface area contributed by atoms with Gasteiger partial charge in [-0.15, -0.1) is 0 Å². The maximum atomic E-state index is 13.0. The first-order valence-electron chi connectivity index (χ1n) is 12.8. The van der Waals surface area contributed by atoms with Gasteiger partial charge in [-0.1, -0.05) is 26.0 Å². The van der Waals surface area contributed by atoms with Crippen molar-refractivity contribution in [2.45, 2.75) is 78.7 Å². The Morgan fingerprint density at radius 3 is 2.53 bits per heavy atom. The molecule has 1 heterocycles. The molecular formula is C27H45N3O6. The molecule has 0 bridgehead atoms. The summed E-state index contributed by atoms with van der Waals surface area (Å²) in [4.78, 5) is 25.5. The lowest BCUT2D eigenvalue weighted by Gasteiger charge is -2.35. The highest BCUT2D eigenvalue weighted by molar-refractivity contribution is 5.96. The van der Waals surface area contributed by atoms with Gasteiger partial charge in [-0.3, -0.25) is 10.2 Å². The van der Waals surface area contributed by atoms with Crippen molar-refractivity contribution >= 4 is 12.0 Å². The molecule has 0 aromatic heterocycles. The van der Waals surface area contributed by atoms with Gasteiger partial charge in [-0.2, -0.15) is 5.01 Å². The quantitative estimate of drug-likeness (QED) is 0.405. The summed E-state index contributed by atoms with van der Waals surface area (Å²) < 4.78 is 22.3. The lowest BCUT2D eigenvalue weighted by atomic mass is 9.89. The van der Waals surface area contributed by atoms with Crippen LogP contribution in [0, 0.1) is 11.8 Å². The van der Waals surface area contributed by atoms with E-state index in [2.05, 4.69) is 24.6 Å². The molecular weight excluding hydrogens is 462 g/mol. The molecule has 1 saturated heterocycles. The highest BCUT2D eigenvalue weighted by Crippen LogP contribution is 2.31. The number of hydrazine groups is 1. The maximum absolute atomic E-state index is 13.0. The third kappa shape index (κ3) is 9.26. The molecule has 9 nitrogen and oxygen atoms in total. The van der Waals surface area contributed by atoms with E-state index in [0.717, 1.165) is 12.8 Å². The van der Waals surface area contributed by atoms with E-state index in [-0.39, 0.29) is 17.9 Å². The molecule has 0 spiro atoms. The van der Waals surface area contributed by atoms with E-state index < -0.39 is 17.4 Å². The fraction of sp³-hybridized carbons (Fsp3) is 0.704. The minimum Gasteiger partial charge on any atom is -0.493 e. The van der Waals surface area contributed by atoms with Gasteiger partial charge in [0.1, 0.15) is 17.1 Å². The first kappa shape index (κ1) is 29.9. The van der Waals surface area contributed by atoms with Crippen molar-refractivity contribution in [1.82, 2.24) is 15.8 Å². The molecule has 2 N–H and O–H groups in total. The van der Waals surface area contributed by atoms with Gasteiger partial charge >= 0.3 is 6.09 Å². The minimum absolute atomic E-state index is 0.0618. The Morgan fingerprint density at radius 2 is 1.89 bits per heavy atom. The Hall–Kier alpha value is -2.36. The molecule has 0 unspecified atom stereocenters. The Kier molecular flexibility index (Phi) is 11.0. The zero-order valence-corrected chi connectivity index (χ0v) is 23.2. The largest absolute Gasteiger partial charge is 0.493 e. The van der Waals surface area contributed by atoms with Gasteiger partial charge in [0.2, 0.25) is 0 Å². The van der Waals surface area contributed by atoms with E-state index in [4.69, 9.17) is 18.9 Å². The van der Waals surface area contributed by atoms with Crippen LogP contribution >= 0.6 is 0 Å². The predicted molar refractivity (Wildman–Crippen MR) is 139 cm³/mol. The lowest BCUT2D eigenvalue weighted by Crippen LogP contribution is -2.56. The van der Waals surface area contributed by atoms with E-state index in [1.54, 1.807) is 19.2 Å². The average Bonchev–Trinajstić information content (AvgIpc) is 3.06. The number of hydrogen-bond donors (Lipinski definition) is 2. The second kappa shape index (κ2) is 13.3. The van der Waals surface area contributed by atoms with Crippen LogP contribution in [0.3, 0.4) is 0 Å². The number of carbonyl (C=O) groups is 2. The van der Waals surface area contributed by atoms with E-state index in [0.29, 0.717) is 43.6 Å². The summed E-state index contributed by atoms with van der Waals surface area (Å²) in [6, 6.07) is 7.20. The summed E-state index contributed by atoms with van der Waals surface area (Å²) in [6.07, 6.45) is 0.963. The summed E-state index contributed by atoms with van der Waals surface area (Å²) in [5, 5.41) is 4.92. The van der Waals surface area contributed by atoms with Gasteiger partial charge in [0.05, 0.1) is 24.8 Å². The van der Waals surface area contributed by atoms with Gasteiger partial charge in [0.25, 0.3) is 5.91 Å². The standard InChI is InChI=1S/C27H45N3O6/c1-19(2)20(16-21-18-35-27(6,7)30(21)29-25(32)36-26(3,4)5)17-28-24(31)22-12-9-10-13-23(22)34-15-11-14-33-8/h9-10,12-13,19-21H,11,14-18H2,1-8H3,(H,28,31)(H,29,32)/t20-,21+/m1/s1. The third-order valence-corrected chi connectivity index (χ3v) is 6.11. The first-order valence-corrected chi connectivity index (χ1v) is 12.8. The van der Waals surface area contributed by atoms with E-state index in [9.17, 15) is 9.59 Å². The fourth-order valence-electron chi connectivity index (χ4n) is 4.11. The number of amides is 2. The molecule has 0 radical (unpaired) electrons. The summed E-state index contributed by atoms with van der Waals surface area (Å²) in [7, 11) is 1.65. The minimum atomic E-state index is -0.675. The van der Waals surface area contributed by atoms with Crippen LogP contribution in [0.2, 0.25) is 0 Å². The second-order valence-corrected chi connectivity index (χ2v) is 11.0. The summed E-state index contributed by atoms with van der Waals surface area (Å²) >= 11 is 0. The van der Waals surface area contributed by atoms with E-state index >= 15 is 0 Å². The van der Waals surface area contributed by atoms with Crippen LogP contribution in [-0.2, 0) is 14.2 Å². The van der Waals surface area contributed by atoms with Gasteiger partial charge in [0.15, 0.2) is 0 Å². The lowest BCUT2D eigenvalue weighted by molar-refractivity contribution is -0.0817. The number of hydrogen-bond acceptors (Lipinski definition) is 7. The first-order chi connectivity index (χ1) is 16.8. The Bertz CT molecular complexity index is 852. The molecule has 1 fully saturated rings. The molecule has 1 aromatic rings. The van der Waals surface area contributed by atoms with Crippen LogP contribution in [0.4, 0.5) is 4.79 Å². The topological polar surface area (TPSA) is 98.4 Å².